The van der Waals surface area contributed by atoms with Crippen molar-refractivity contribution in [2.75, 3.05) is 5.32 Å². The van der Waals surface area contributed by atoms with Crippen LogP contribution in [-0.4, -0.2) is 17.5 Å². The van der Waals surface area contributed by atoms with Gasteiger partial charge in [-0.15, -0.1) is 11.3 Å². The minimum atomic E-state index is -0.370. The van der Waals surface area contributed by atoms with Crippen molar-refractivity contribution in [3.05, 3.63) is 98.3 Å². The van der Waals surface area contributed by atoms with Gasteiger partial charge in [-0.1, -0.05) is 47.5 Å². The molecule has 0 aliphatic carbocycles. The molecule has 166 valence electrons. The molecule has 0 saturated carbocycles. The van der Waals surface area contributed by atoms with Crippen LogP contribution in [0.5, 0.6) is 0 Å². The van der Waals surface area contributed by atoms with Crippen LogP contribution in [-0.2, 0) is 0 Å². The Hall–Kier alpha value is -3.19. The van der Waals surface area contributed by atoms with Gasteiger partial charge in [-0.2, -0.15) is 5.10 Å². The zero-order valence-electron chi connectivity index (χ0n) is 17.8. The van der Waals surface area contributed by atoms with Crippen LogP contribution in [0.4, 0.5) is 5.69 Å². The highest BCUT2D eigenvalue weighted by atomic mass is 35.5. The van der Waals surface area contributed by atoms with Crippen molar-refractivity contribution in [1.29, 1.82) is 0 Å². The van der Waals surface area contributed by atoms with Crippen molar-refractivity contribution < 1.29 is 9.59 Å². The molecule has 4 aromatic rings. The monoisotopic (exact) mass is 495 g/mol. The molecule has 2 N–H and O–H groups in total. The van der Waals surface area contributed by atoms with E-state index < -0.39 is 0 Å². The van der Waals surface area contributed by atoms with Gasteiger partial charge in [0.25, 0.3) is 11.8 Å². The number of benzene rings is 3. The van der Waals surface area contributed by atoms with E-state index in [2.05, 4.69) is 15.8 Å². The average molecular weight is 496 g/mol. The Morgan fingerprint density at radius 3 is 2.42 bits per heavy atom. The molecular formula is C25H19Cl2N3O2S. The van der Waals surface area contributed by atoms with Crippen LogP contribution in [0.2, 0.25) is 10.0 Å². The Kier molecular flexibility index (Phi) is 6.79. The number of hydrazone groups is 1. The molecular weight excluding hydrogens is 477 g/mol. The molecule has 0 unspecified atom stereocenters. The van der Waals surface area contributed by atoms with Crippen molar-refractivity contribution in [3.63, 3.8) is 0 Å². The van der Waals surface area contributed by atoms with Crippen molar-refractivity contribution in [3.8, 4) is 0 Å². The van der Waals surface area contributed by atoms with Gasteiger partial charge in [-0.05, 0) is 67.4 Å². The molecule has 1 heterocycles. The van der Waals surface area contributed by atoms with Crippen LogP contribution in [0.1, 0.15) is 38.1 Å². The summed E-state index contributed by atoms with van der Waals surface area (Å²) in [6.07, 6.45) is 0. The number of rotatable bonds is 5. The lowest BCUT2D eigenvalue weighted by atomic mass is 10.1. The van der Waals surface area contributed by atoms with E-state index in [1.54, 1.807) is 49.4 Å². The largest absolute Gasteiger partial charge is 0.322 e. The van der Waals surface area contributed by atoms with E-state index in [0.29, 0.717) is 31.9 Å². The minimum Gasteiger partial charge on any atom is -0.322 e. The molecule has 8 heteroatoms. The smallest absolute Gasteiger partial charge is 0.283 e. The number of anilines is 1. The SMILES string of the molecule is CC(=NNC(=O)c1sc2cc(C)ccc2c1Cl)c1cccc(NC(=O)c2ccc(Cl)cc2)c1. The van der Waals surface area contributed by atoms with E-state index >= 15 is 0 Å². The maximum atomic E-state index is 12.7. The summed E-state index contributed by atoms with van der Waals surface area (Å²) in [5.74, 6) is -0.619. The fraction of sp³-hybridized carbons (Fsp3) is 0.0800. The van der Waals surface area contributed by atoms with E-state index in [4.69, 9.17) is 23.2 Å². The summed E-state index contributed by atoms with van der Waals surface area (Å²) in [5.41, 5.74) is 6.12. The number of aryl methyl sites for hydroxylation is 1. The lowest BCUT2D eigenvalue weighted by Gasteiger charge is -2.08. The molecule has 5 nitrogen and oxygen atoms in total. The number of hydrogen-bond acceptors (Lipinski definition) is 4. The third-order valence-electron chi connectivity index (χ3n) is 4.96. The number of nitrogens with zero attached hydrogens (tertiary/aromatic N) is 1. The first-order valence-corrected chi connectivity index (χ1v) is 11.6. The third kappa shape index (κ3) is 5.25. The van der Waals surface area contributed by atoms with Gasteiger partial charge in [0.2, 0.25) is 0 Å². The van der Waals surface area contributed by atoms with Crippen LogP contribution >= 0.6 is 34.5 Å². The molecule has 0 saturated heterocycles. The topological polar surface area (TPSA) is 70.6 Å². The summed E-state index contributed by atoms with van der Waals surface area (Å²) in [4.78, 5) is 25.6. The first kappa shape index (κ1) is 23.0. The van der Waals surface area contributed by atoms with Gasteiger partial charge in [-0.3, -0.25) is 9.59 Å². The maximum absolute atomic E-state index is 12.7. The van der Waals surface area contributed by atoms with Gasteiger partial charge >= 0.3 is 0 Å². The van der Waals surface area contributed by atoms with Crippen LogP contribution in [0.3, 0.4) is 0 Å². The van der Waals surface area contributed by atoms with Crippen LogP contribution in [0, 0.1) is 6.92 Å². The van der Waals surface area contributed by atoms with Crippen molar-refractivity contribution in [1.82, 2.24) is 5.43 Å². The maximum Gasteiger partial charge on any atom is 0.283 e. The first-order chi connectivity index (χ1) is 15.8. The standard InChI is InChI=1S/C25H19Cl2N3O2S/c1-14-6-11-20-21(12-14)33-23(22(20)27)25(32)30-29-15(2)17-4-3-5-19(13-17)28-24(31)16-7-9-18(26)10-8-16/h3-13H,1-2H3,(H,28,31)(H,30,32). The second kappa shape index (κ2) is 9.75. The Labute approximate surface area is 205 Å². The highest BCUT2D eigenvalue weighted by Gasteiger charge is 2.17. The minimum absolute atomic E-state index is 0.249. The van der Waals surface area contributed by atoms with Crippen LogP contribution in [0.15, 0.2) is 71.8 Å². The lowest BCUT2D eigenvalue weighted by molar-refractivity contribution is 0.0958. The van der Waals surface area contributed by atoms with Gasteiger partial charge in [0.1, 0.15) is 4.88 Å². The zero-order chi connectivity index (χ0) is 23.5. The molecule has 0 atom stereocenters. The number of carbonyl (C=O) groups excluding carboxylic acids is 2. The fourth-order valence-electron chi connectivity index (χ4n) is 3.19. The number of fused-ring (bicyclic) bond motifs is 1. The summed E-state index contributed by atoms with van der Waals surface area (Å²) >= 11 is 13.6. The second-order valence-electron chi connectivity index (χ2n) is 7.42. The van der Waals surface area contributed by atoms with Gasteiger partial charge in [-0.25, -0.2) is 5.43 Å². The summed E-state index contributed by atoms with van der Waals surface area (Å²) < 4.78 is 0.954. The number of amides is 2. The third-order valence-corrected chi connectivity index (χ3v) is 6.87. The van der Waals surface area contributed by atoms with Crippen molar-refractivity contribution >= 4 is 67.8 Å². The molecule has 2 amide bonds. The summed E-state index contributed by atoms with van der Waals surface area (Å²) in [6.45, 7) is 3.77. The van der Waals surface area contributed by atoms with E-state index in [1.165, 1.54) is 11.3 Å². The average Bonchev–Trinajstić information content (AvgIpc) is 3.13. The Bertz CT molecular complexity index is 1390. The Morgan fingerprint density at radius 1 is 0.909 bits per heavy atom. The molecule has 1 aromatic heterocycles. The van der Waals surface area contributed by atoms with E-state index in [-0.39, 0.29) is 11.8 Å². The number of hydrogen-bond donors (Lipinski definition) is 2. The molecule has 0 spiro atoms. The second-order valence-corrected chi connectivity index (χ2v) is 9.29. The van der Waals surface area contributed by atoms with E-state index in [1.807, 2.05) is 31.2 Å². The lowest BCUT2D eigenvalue weighted by Crippen LogP contribution is -2.18. The summed E-state index contributed by atoms with van der Waals surface area (Å²) in [6, 6.07) is 19.7. The highest BCUT2D eigenvalue weighted by Crippen LogP contribution is 2.35. The normalized spacial score (nSPS) is 11.5. The zero-order valence-corrected chi connectivity index (χ0v) is 20.1. The van der Waals surface area contributed by atoms with Gasteiger partial charge < -0.3 is 5.32 Å². The van der Waals surface area contributed by atoms with Gasteiger partial charge in [0.05, 0.1) is 10.7 Å². The summed E-state index contributed by atoms with van der Waals surface area (Å²) in [5, 5.41) is 8.91. The predicted molar refractivity (Wildman–Crippen MR) is 137 cm³/mol. The number of carbonyl (C=O) groups is 2. The Morgan fingerprint density at radius 2 is 1.67 bits per heavy atom. The molecule has 0 aliphatic heterocycles. The number of thiophene rings is 1. The van der Waals surface area contributed by atoms with E-state index in [9.17, 15) is 9.59 Å². The first-order valence-electron chi connectivity index (χ1n) is 10.0. The van der Waals surface area contributed by atoms with Gasteiger partial charge in [0, 0.05) is 26.4 Å². The molecule has 33 heavy (non-hydrogen) atoms. The highest BCUT2D eigenvalue weighted by molar-refractivity contribution is 7.21. The molecule has 0 radical (unpaired) electrons. The van der Waals surface area contributed by atoms with Crippen molar-refractivity contribution in [2.45, 2.75) is 13.8 Å². The predicted octanol–water partition coefficient (Wildman–Crippen LogP) is 6.92. The van der Waals surface area contributed by atoms with Crippen LogP contribution in [0.25, 0.3) is 10.1 Å². The van der Waals surface area contributed by atoms with Crippen LogP contribution < -0.4 is 10.7 Å². The Balaban J connectivity index is 1.48. The van der Waals surface area contributed by atoms with E-state index in [0.717, 1.165) is 21.2 Å². The molecule has 0 bridgehead atoms. The molecule has 4 rings (SSSR count). The quantitative estimate of drug-likeness (QED) is 0.233. The molecule has 0 aliphatic rings. The molecule has 3 aromatic carbocycles. The fourth-order valence-corrected chi connectivity index (χ4v) is 4.83. The number of halogens is 2. The van der Waals surface area contributed by atoms with Gasteiger partial charge in [0.15, 0.2) is 0 Å². The molecule has 0 fully saturated rings. The summed E-state index contributed by atoms with van der Waals surface area (Å²) in [7, 11) is 0. The number of nitrogens with one attached hydrogen (secondary N) is 2. The van der Waals surface area contributed by atoms with Crippen molar-refractivity contribution in [2.24, 2.45) is 5.10 Å².